The van der Waals surface area contributed by atoms with Crippen molar-refractivity contribution >= 4 is 9.84 Å². The van der Waals surface area contributed by atoms with Crippen molar-refractivity contribution in [1.29, 1.82) is 0 Å². The number of sulfone groups is 1. The molecule has 2 rings (SSSR count). The molecule has 1 heterocycles. The van der Waals surface area contributed by atoms with E-state index in [1.165, 1.54) is 0 Å². The molecule has 0 saturated heterocycles. The Balaban J connectivity index is 2.44. The summed E-state index contributed by atoms with van der Waals surface area (Å²) < 4.78 is 30.1. The number of nitrogens with zero attached hydrogens (tertiary/aromatic N) is 2. The normalized spacial score (nSPS) is 12.6. The first-order valence-electron chi connectivity index (χ1n) is 6.73. The van der Waals surface area contributed by atoms with Gasteiger partial charge in [-0.15, -0.1) is 0 Å². The Hall–Kier alpha value is -1.69. The molecule has 1 aromatic heterocycles. The molecular formula is C15H20N2O3S. The molecule has 0 amide bonds. The van der Waals surface area contributed by atoms with Gasteiger partial charge in [-0.3, -0.25) is 0 Å². The quantitative estimate of drug-likeness (QED) is 0.871. The summed E-state index contributed by atoms with van der Waals surface area (Å²) >= 11 is 0. The zero-order chi connectivity index (χ0) is 15.8. The minimum atomic E-state index is -3.51. The van der Waals surface area contributed by atoms with Crippen LogP contribution in [0.2, 0.25) is 0 Å². The fourth-order valence-electron chi connectivity index (χ4n) is 2.04. The smallest absolute Gasteiger partial charge is 0.242 e. The maximum Gasteiger partial charge on any atom is 0.242 e. The van der Waals surface area contributed by atoms with Crippen LogP contribution in [0.4, 0.5) is 0 Å². The molecule has 6 heteroatoms. The Kier molecular flexibility index (Phi) is 3.93. The summed E-state index contributed by atoms with van der Waals surface area (Å²) in [5.74, 6) is 0.274. The Morgan fingerprint density at radius 3 is 2.38 bits per heavy atom. The third-order valence-electron chi connectivity index (χ3n) is 3.27. The van der Waals surface area contributed by atoms with Crippen LogP contribution in [0.1, 0.15) is 43.6 Å². The molecule has 114 valence electrons. The second kappa shape index (κ2) is 5.26. The molecule has 5 nitrogen and oxygen atoms in total. The van der Waals surface area contributed by atoms with Gasteiger partial charge in [0.2, 0.25) is 5.89 Å². The van der Waals surface area contributed by atoms with Crippen LogP contribution >= 0.6 is 0 Å². The topological polar surface area (TPSA) is 73.1 Å². The summed E-state index contributed by atoms with van der Waals surface area (Å²) in [5.41, 5.74) is 1.59. The second-order valence-corrected chi connectivity index (χ2v) is 8.18. The number of hydrogen-bond donors (Lipinski definition) is 0. The summed E-state index contributed by atoms with van der Waals surface area (Å²) in [7, 11) is -3.51. The first-order valence-corrected chi connectivity index (χ1v) is 8.38. The average molecular weight is 308 g/mol. The monoisotopic (exact) mass is 308 g/mol. The molecule has 0 unspecified atom stereocenters. The van der Waals surface area contributed by atoms with Gasteiger partial charge in [-0.25, -0.2) is 8.42 Å². The summed E-state index contributed by atoms with van der Waals surface area (Å²) in [6.07, 6.45) is 0. The van der Waals surface area contributed by atoms with E-state index in [1.54, 1.807) is 19.9 Å². The van der Waals surface area contributed by atoms with Crippen molar-refractivity contribution < 1.29 is 12.9 Å². The molecule has 0 aliphatic heterocycles. The minimum Gasteiger partial charge on any atom is -0.338 e. The number of rotatable bonds is 3. The van der Waals surface area contributed by atoms with Crippen LogP contribution in [0.5, 0.6) is 0 Å². The number of aryl methyl sites for hydroxylation is 2. The third kappa shape index (κ3) is 3.50. The lowest BCUT2D eigenvalue weighted by molar-refractivity contribution is 0.384. The minimum absolute atomic E-state index is 0.112. The van der Waals surface area contributed by atoms with E-state index in [9.17, 15) is 8.42 Å². The zero-order valence-electron chi connectivity index (χ0n) is 13.0. The summed E-state index contributed by atoms with van der Waals surface area (Å²) in [6.45, 7) is 9.60. The highest BCUT2D eigenvalue weighted by Gasteiger charge is 2.24. The van der Waals surface area contributed by atoms with Gasteiger partial charge < -0.3 is 4.52 Å². The Morgan fingerprint density at radius 1 is 1.19 bits per heavy atom. The van der Waals surface area contributed by atoms with E-state index in [-0.39, 0.29) is 17.1 Å². The van der Waals surface area contributed by atoms with E-state index < -0.39 is 9.84 Å². The predicted molar refractivity (Wildman–Crippen MR) is 79.8 cm³/mol. The largest absolute Gasteiger partial charge is 0.338 e. The molecule has 0 fully saturated rings. The maximum atomic E-state index is 12.6. The van der Waals surface area contributed by atoms with Gasteiger partial charge in [0.15, 0.2) is 15.7 Å². The van der Waals surface area contributed by atoms with Crippen molar-refractivity contribution in [3.63, 3.8) is 0 Å². The van der Waals surface area contributed by atoms with Gasteiger partial charge in [-0.2, -0.15) is 4.98 Å². The van der Waals surface area contributed by atoms with E-state index >= 15 is 0 Å². The lowest BCUT2D eigenvalue weighted by atomic mass is 9.87. The molecule has 0 spiro atoms. The predicted octanol–water partition coefficient (Wildman–Crippen LogP) is 2.96. The van der Waals surface area contributed by atoms with Gasteiger partial charge in [-0.1, -0.05) is 38.1 Å². The van der Waals surface area contributed by atoms with Gasteiger partial charge in [0.05, 0.1) is 4.90 Å². The maximum absolute atomic E-state index is 12.6. The van der Waals surface area contributed by atoms with Gasteiger partial charge >= 0.3 is 0 Å². The van der Waals surface area contributed by atoms with Crippen LogP contribution in [-0.2, 0) is 21.0 Å². The first kappa shape index (κ1) is 15.7. The van der Waals surface area contributed by atoms with Crippen molar-refractivity contribution in [2.24, 2.45) is 0 Å². The fourth-order valence-corrected chi connectivity index (χ4v) is 3.50. The van der Waals surface area contributed by atoms with Crippen molar-refractivity contribution in [3.05, 3.63) is 41.0 Å². The van der Waals surface area contributed by atoms with Crippen LogP contribution in [-0.4, -0.2) is 18.6 Å². The van der Waals surface area contributed by atoms with Crippen LogP contribution < -0.4 is 0 Å². The average Bonchev–Trinajstić information content (AvgIpc) is 2.72. The SMILES string of the molecule is Cc1noc(CS(=O)(=O)c2cc(C(C)(C)C)ccc2C)n1. The standard InChI is InChI=1S/C15H20N2O3S/c1-10-6-7-12(15(3,4)5)8-13(10)21(18,19)9-14-16-11(2)17-20-14/h6-8H,9H2,1-5H3. The van der Waals surface area contributed by atoms with Crippen molar-refractivity contribution in [2.75, 3.05) is 0 Å². The molecule has 0 aliphatic carbocycles. The lowest BCUT2D eigenvalue weighted by Crippen LogP contribution is -2.14. The van der Waals surface area contributed by atoms with Crippen LogP contribution in [0, 0.1) is 13.8 Å². The van der Waals surface area contributed by atoms with E-state index in [0.29, 0.717) is 10.7 Å². The fraction of sp³-hybridized carbons (Fsp3) is 0.467. The van der Waals surface area contributed by atoms with Crippen molar-refractivity contribution in [3.8, 4) is 0 Å². The molecule has 0 saturated carbocycles. The highest BCUT2D eigenvalue weighted by Crippen LogP contribution is 2.28. The Morgan fingerprint density at radius 2 is 1.86 bits per heavy atom. The molecule has 0 aliphatic rings. The van der Waals surface area contributed by atoms with E-state index in [1.807, 2.05) is 12.1 Å². The van der Waals surface area contributed by atoms with E-state index in [4.69, 9.17) is 4.52 Å². The Labute approximate surface area is 125 Å². The highest BCUT2D eigenvalue weighted by atomic mass is 32.2. The van der Waals surface area contributed by atoms with Crippen molar-refractivity contribution in [2.45, 2.75) is 50.7 Å². The molecule has 2 aromatic rings. The number of aromatic nitrogens is 2. The highest BCUT2D eigenvalue weighted by molar-refractivity contribution is 7.90. The van der Waals surface area contributed by atoms with Gasteiger partial charge in [0, 0.05) is 0 Å². The molecule has 21 heavy (non-hydrogen) atoms. The van der Waals surface area contributed by atoms with Crippen LogP contribution in [0.25, 0.3) is 0 Å². The second-order valence-electron chi connectivity index (χ2n) is 6.22. The molecular weight excluding hydrogens is 288 g/mol. The molecule has 0 atom stereocenters. The van der Waals surface area contributed by atoms with Crippen LogP contribution in [0.3, 0.4) is 0 Å². The van der Waals surface area contributed by atoms with E-state index in [0.717, 1.165) is 11.1 Å². The number of hydrogen-bond acceptors (Lipinski definition) is 5. The van der Waals surface area contributed by atoms with Gasteiger partial charge in [-0.05, 0) is 36.5 Å². The molecule has 0 radical (unpaired) electrons. The van der Waals surface area contributed by atoms with E-state index in [2.05, 4.69) is 30.9 Å². The zero-order valence-corrected chi connectivity index (χ0v) is 13.8. The van der Waals surface area contributed by atoms with Crippen LogP contribution in [0.15, 0.2) is 27.6 Å². The summed E-state index contributed by atoms with van der Waals surface area (Å²) in [4.78, 5) is 4.29. The summed E-state index contributed by atoms with van der Waals surface area (Å²) in [6, 6.07) is 5.55. The lowest BCUT2D eigenvalue weighted by Gasteiger charge is -2.20. The Bertz CT molecular complexity index is 755. The molecule has 0 bridgehead atoms. The van der Waals surface area contributed by atoms with Crippen molar-refractivity contribution in [1.82, 2.24) is 10.1 Å². The third-order valence-corrected chi connectivity index (χ3v) is 5.01. The van der Waals surface area contributed by atoms with Gasteiger partial charge in [0.1, 0.15) is 5.75 Å². The molecule has 1 aromatic carbocycles. The first-order chi connectivity index (χ1) is 9.59. The number of benzene rings is 1. The van der Waals surface area contributed by atoms with Gasteiger partial charge in [0.25, 0.3) is 0 Å². The molecule has 0 N–H and O–H groups in total. The summed E-state index contributed by atoms with van der Waals surface area (Å²) in [5, 5.41) is 3.62.